The van der Waals surface area contributed by atoms with Crippen molar-refractivity contribution in [1.82, 2.24) is 0 Å². The molecule has 1 rings (SSSR count). The minimum absolute atomic E-state index is 0.406. The summed E-state index contributed by atoms with van der Waals surface area (Å²) in [7, 11) is 0. The minimum Gasteiger partial charge on any atom is -0.388 e. The summed E-state index contributed by atoms with van der Waals surface area (Å²) in [6.07, 6.45) is 0.257. The standard InChI is InChI=1S/C13H18OS/c1-3-15-10-11(2)9-13(14)12-7-5-4-6-8-12/h4-8,13-14H,2-3,9-10H2,1H3. The molecule has 0 fully saturated rings. The van der Waals surface area contributed by atoms with Gasteiger partial charge < -0.3 is 5.11 Å². The van der Waals surface area contributed by atoms with Crippen LogP contribution in [0.25, 0.3) is 0 Å². The zero-order chi connectivity index (χ0) is 11.1. The van der Waals surface area contributed by atoms with Crippen molar-refractivity contribution >= 4 is 11.8 Å². The Bertz CT molecular complexity index is 295. The summed E-state index contributed by atoms with van der Waals surface area (Å²) in [6.45, 7) is 6.11. The first kappa shape index (κ1) is 12.3. The summed E-state index contributed by atoms with van der Waals surface area (Å²) in [5.74, 6) is 2.04. The van der Waals surface area contributed by atoms with E-state index in [1.54, 1.807) is 0 Å². The molecule has 0 aliphatic rings. The van der Waals surface area contributed by atoms with Crippen molar-refractivity contribution in [1.29, 1.82) is 0 Å². The van der Waals surface area contributed by atoms with Gasteiger partial charge in [-0.1, -0.05) is 49.4 Å². The number of hydrogen-bond donors (Lipinski definition) is 1. The quantitative estimate of drug-likeness (QED) is 0.744. The van der Waals surface area contributed by atoms with Crippen molar-refractivity contribution in [2.24, 2.45) is 0 Å². The zero-order valence-corrected chi connectivity index (χ0v) is 9.96. The van der Waals surface area contributed by atoms with Crippen LogP contribution in [-0.2, 0) is 0 Å². The maximum atomic E-state index is 9.92. The van der Waals surface area contributed by atoms with Crippen LogP contribution in [0.1, 0.15) is 25.0 Å². The first-order valence-electron chi connectivity index (χ1n) is 5.21. The second kappa shape index (κ2) is 6.70. The van der Waals surface area contributed by atoms with Crippen LogP contribution in [0.4, 0.5) is 0 Å². The van der Waals surface area contributed by atoms with Crippen molar-refractivity contribution in [3.63, 3.8) is 0 Å². The average Bonchev–Trinajstić information content (AvgIpc) is 2.27. The molecule has 1 unspecified atom stereocenters. The van der Waals surface area contributed by atoms with Gasteiger partial charge in [-0.15, -0.1) is 0 Å². The van der Waals surface area contributed by atoms with Crippen LogP contribution in [0.3, 0.4) is 0 Å². The molecule has 0 saturated carbocycles. The lowest BCUT2D eigenvalue weighted by Gasteiger charge is -2.12. The molecule has 82 valence electrons. The van der Waals surface area contributed by atoms with Gasteiger partial charge in [-0.25, -0.2) is 0 Å². The van der Waals surface area contributed by atoms with Crippen molar-refractivity contribution < 1.29 is 5.11 Å². The second-order valence-corrected chi connectivity index (χ2v) is 4.79. The lowest BCUT2D eigenvalue weighted by molar-refractivity contribution is 0.178. The van der Waals surface area contributed by atoms with Gasteiger partial charge in [-0.3, -0.25) is 0 Å². The van der Waals surface area contributed by atoms with Gasteiger partial charge in [0.05, 0.1) is 6.10 Å². The van der Waals surface area contributed by atoms with Crippen molar-refractivity contribution in [3.8, 4) is 0 Å². The Hall–Kier alpha value is -0.730. The molecule has 0 amide bonds. The number of rotatable bonds is 6. The van der Waals surface area contributed by atoms with Gasteiger partial charge in [0.25, 0.3) is 0 Å². The molecule has 1 atom stereocenters. The molecular weight excluding hydrogens is 204 g/mol. The van der Waals surface area contributed by atoms with Crippen LogP contribution in [0, 0.1) is 0 Å². The number of aliphatic hydroxyl groups is 1. The number of thioether (sulfide) groups is 1. The predicted octanol–water partition coefficient (Wildman–Crippen LogP) is 3.42. The molecule has 2 heteroatoms. The Morgan fingerprint density at radius 3 is 2.67 bits per heavy atom. The highest BCUT2D eigenvalue weighted by Crippen LogP contribution is 2.21. The predicted molar refractivity (Wildman–Crippen MR) is 68.2 cm³/mol. The summed E-state index contributed by atoms with van der Waals surface area (Å²) in [5.41, 5.74) is 2.08. The first-order chi connectivity index (χ1) is 7.24. The van der Waals surface area contributed by atoms with Crippen LogP contribution >= 0.6 is 11.8 Å². The summed E-state index contributed by atoms with van der Waals surface area (Å²) < 4.78 is 0. The normalized spacial score (nSPS) is 12.4. The van der Waals surface area contributed by atoms with Crippen molar-refractivity contribution in [2.45, 2.75) is 19.4 Å². The fourth-order valence-corrected chi connectivity index (χ4v) is 1.98. The molecule has 0 spiro atoms. The molecule has 1 aromatic rings. The fourth-order valence-electron chi connectivity index (χ4n) is 1.37. The highest BCUT2D eigenvalue weighted by atomic mass is 32.2. The average molecular weight is 222 g/mol. The second-order valence-electron chi connectivity index (χ2n) is 3.52. The highest BCUT2D eigenvalue weighted by Gasteiger charge is 2.08. The molecular formula is C13H18OS. The summed E-state index contributed by atoms with van der Waals surface area (Å²) in [4.78, 5) is 0. The van der Waals surface area contributed by atoms with Gasteiger partial charge in [0.1, 0.15) is 0 Å². The van der Waals surface area contributed by atoms with E-state index in [1.807, 2.05) is 42.1 Å². The van der Waals surface area contributed by atoms with E-state index in [2.05, 4.69) is 13.5 Å². The molecule has 0 saturated heterocycles. The van der Waals surface area contributed by atoms with E-state index in [9.17, 15) is 5.11 Å². The lowest BCUT2D eigenvalue weighted by Crippen LogP contribution is -2.00. The summed E-state index contributed by atoms with van der Waals surface area (Å²) >= 11 is 1.84. The van der Waals surface area contributed by atoms with Crippen LogP contribution in [0.15, 0.2) is 42.5 Å². The van der Waals surface area contributed by atoms with Gasteiger partial charge in [0.2, 0.25) is 0 Å². The van der Waals surface area contributed by atoms with Gasteiger partial charge in [-0.05, 0) is 17.7 Å². The van der Waals surface area contributed by atoms with Crippen molar-refractivity contribution in [2.75, 3.05) is 11.5 Å². The van der Waals surface area contributed by atoms with Crippen LogP contribution in [-0.4, -0.2) is 16.6 Å². The van der Waals surface area contributed by atoms with Gasteiger partial charge in [0.15, 0.2) is 0 Å². The Morgan fingerprint density at radius 2 is 2.07 bits per heavy atom. The molecule has 0 aliphatic heterocycles. The number of aliphatic hydroxyl groups excluding tert-OH is 1. The maximum Gasteiger partial charge on any atom is 0.0827 e. The topological polar surface area (TPSA) is 20.2 Å². The van der Waals surface area contributed by atoms with E-state index in [4.69, 9.17) is 0 Å². The SMILES string of the molecule is C=C(CSCC)CC(O)c1ccccc1. The van der Waals surface area contributed by atoms with E-state index < -0.39 is 6.10 Å². The van der Waals surface area contributed by atoms with Crippen LogP contribution in [0.2, 0.25) is 0 Å². The summed E-state index contributed by atoms with van der Waals surface area (Å²) in [6, 6.07) is 9.75. The van der Waals surface area contributed by atoms with Gasteiger partial charge in [-0.2, -0.15) is 11.8 Å². The Morgan fingerprint density at radius 1 is 1.40 bits per heavy atom. The fraction of sp³-hybridized carbons (Fsp3) is 0.385. The van der Waals surface area contributed by atoms with E-state index in [0.717, 1.165) is 22.6 Å². The third-order valence-corrected chi connectivity index (χ3v) is 3.20. The molecule has 0 aromatic heterocycles. The van der Waals surface area contributed by atoms with Crippen molar-refractivity contribution in [3.05, 3.63) is 48.0 Å². The smallest absolute Gasteiger partial charge is 0.0827 e. The third kappa shape index (κ3) is 4.54. The maximum absolute atomic E-state index is 9.92. The molecule has 1 N–H and O–H groups in total. The van der Waals surface area contributed by atoms with E-state index in [-0.39, 0.29) is 0 Å². The minimum atomic E-state index is -0.406. The van der Waals surface area contributed by atoms with Crippen LogP contribution in [0.5, 0.6) is 0 Å². The van der Waals surface area contributed by atoms with Gasteiger partial charge in [0, 0.05) is 5.75 Å². The molecule has 0 aliphatic carbocycles. The zero-order valence-electron chi connectivity index (χ0n) is 9.15. The lowest BCUT2D eigenvalue weighted by atomic mass is 10.0. The Balaban J connectivity index is 2.42. The molecule has 1 nitrogen and oxygen atoms in total. The Labute approximate surface area is 96.2 Å². The largest absolute Gasteiger partial charge is 0.388 e. The van der Waals surface area contributed by atoms with E-state index >= 15 is 0 Å². The first-order valence-corrected chi connectivity index (χ1v) is 6.37. The van der Waals surface area contributed by atoms with Crippen LogP contribution < -0.4 is 0 Å². The molecule has 0 radical (unpaired) electrons. The highest BCUT2D eigenvalue weighted by molar-refractivity contribution is 7.99. The molecule has 1 aromatic carbocycles. The number of hydrogen-bond acceptors (Lipinski definition) is 2. The van der Waals surface area contributed by atoms with E-state index in [1.165, 1.54) is 0 Å². The number of benzene rings is 1. The molecule has 0 heterocycles. The monoisotopic (exact) mass is 222 g/mol. The molecule has 15 heavy (non-hydrogen) atoms. The third-order valence-electron chi connectivity index (χ3n) is 2.18. The van der Waals surface area contributed by atoms with E-state index in [0.29, 0.717) is 6.42 Å². The Kier molecular flexibility index (Phi) is 5.51. The summed E-state index contributed by atoms with van der Waals surface area (Å²) in [5, 5.41) is 9.92. The van der Waals surface area contributed by atoms with Gasteiger partial charge >= 0.3 is 0 Å². The molecule has 0 bridgehead atoms.